The minimum Gasteiger partial charge on any atom is -0.508 e. The molecule has 0 bridgehead atoms. The highest BCUT2D eigenvalue weighted by molar-refractivity contribution is 5.79. The summed E-state index contributed by atoms with van der Waals surface area (Å²) in [6, 6.07) is 5.44. The average Bonchev–Trinajstić information content (AvgIpc) is 2.82. The number of ether oxygens (including phenoxy) is 1. The summed E-state index contributed by atoms with van der Waals surface area (Å²) in [7, 11) is 0. The molecule has 0 spiro atoms. The summed E-state index contributed by atoms with van der Waals surface area (Å²) in [5, 5.41) is 9.37. The van der Waals surface area contributed by atoms with Gasteiger partial charge in [0.15, 0.2) is 0 Å². The molecule has 3 unspecified atom stereocenters. The van der Waals surface area contributed by atoms with Crippen LogP contribution in [0.2, 0.25) is 0 Å². The Morgan fingerprint density at radius 1 is 1.56 bits per heavy atom. The van der Waals surface area contributed by atoms with Crippen LogP contribution in [-0.4, -0.2) is 17.7 Å². The third kappa shape index (κ3) is 1.24. The van der Waals surface area contributed by atoms with Crippen molar-refractivity contribution in [1.29, 1.82) is 0 Å². The molecule has 1 aromatic carbocycles. The van der Waals surface area contributed by atoms with Crippen molar-refractivity contribution in [3.63, 3.8) is 0 Å². The second-order valence-corrected chi connectivity index (χ2v) is 4.55. The van der Waals surface area contributed by atoms with Crippen LogP contribution in [0.5, 0.6) is 5.75 Å². The fourth-order valence-corrected chi connectivity index (χ4v) is 2.96. The van der Waals surface area contributed by atoms with Crippen LogP contribution in [0.3, 0.4) is 0 Å². The van der Waals surface area contributed by atoms with E-state index in [-0.39, 0.29) is 11.9 Å². The van der Waals surface area contributed by atoms with Crippen LogP contribution in [0.25, 0.3) is 0 Å². The van der Waals surface area contributed by atoms with E-state index in [1.807, 2.05) is 19.1 Å². The number of carbonyl (C=O) groups is 1. The molecule has 1 saturated carbocycles. The largest absolute Gasteiger partial charge is 0.508 e. The number of fused-ring (bicyclic) bond motifs is 3. The molecule has 0 radical (unpaired) electrons. The van der Waals surface area contributed by atoms with Gasteiger partial charge in [-0.25, -0.2) is 0 Å². The van der Waals surface area contributed by atoms with Gasteiger partial charge in [-0.05, 0) is 42.5 Å². The van der Waals surface area contributed by atoms with Gasteiger partial charge in [-0.15, -0.1) is 0 Å². The number of phenols is 1. The summed E-state index contributed by atoms with van der Waals surface area (Å²) in [6.45, 7) is 2.29. The highest BCUT2D eigenvalue weighted by Gasteiger charge is 2.60. The van der Waals surface area contributed by atoms with Crippen molar-refractivity contribution in [2.24, 2.45) is 11.8 Å². The molecule has 1 fully saturated rings. The van der Waals surface area contributed by atoms with Crippen LogP contribution < -0.4 is 0 Å². The molecule has 2 aliphatic carbocycles. The number of hydrogen-bond acceptors (Lipinski definition) is 3. The maximum absolute atomic E-state index is 11.6. The predicted molar refractivity (Wildman–Crippen MR) is 58.2 cm³/mol. The molecule has 0 saturated heterocycles. The average molecular weight is 218 g/mol. The summed E-state index contributed by atoms with van der Waals surface area (Å²) in [5.41, 5.74) is 2.41. The zero-order valence-corrected chi connectivity index (χ0v) is 9.14. The molecule has 16 heavy (non-hydrogen) atoms. The van der Waals surface area contributed by atoms with E-state index in [9.17, 15) is 9.90 Å². The van der Waals surface area contributed by atoms with Gasteiger partial charge in [0, 0.05) is 5.92 Å². The lowest BCUT2D eigenvalue weighted by molar-refractivity contribution is -0.145. The molecular weight excluding hydrogens is 204 g/mol. The van der Waals surface area contributed by atoms with E-state index in [2.05, 4.69) is 0 Å². The van der Waals surface area contributed by atoms with Gasteiger partial charge in [0.05, 0.1) is 12.5 Å². The van der Waals surface area contributed by atoms with Crippen molar-refractivity contribution < 1.29 is 14.6 Å². The van der Waals surface area contributed by atoms with Crippen LogP contribution in [0.15, 0.2) is 18.2 Å². The summed E-state index contributed by atoms with van der Waals surface area (Å²) >= 11 is 0. The van der Waals surface area contributed by atoms with E-state index in [1.54, 1.807) is 6.07 Å². The van der Waals surface area contributed by atoms with Crippen molar-refractivity contribution in [2.45, 2.75) is 19.3 Å². The van der Waals surface area contributed by atoms with E-state index >= 15 is 0 Å². The van der Waals surface area contributed by atoms with E-state index in [1.165, 1.54) is 11.1 Å². The number of benzene rings is 1. The zero-order valence-electron chi connectivity index (χ0n) is 9.14. The topological polar surface area (TPSA) is 46.5 Å². The molecule has 0 heterocycles. The number of hydrogen-bond donors (Lipinski definition) is 1. The summed E-state index contributed by atoms with van der Waals surface area (Å²) in [5.74, 6) is 1.08. The molecule has 0 aliphatic heterocycles. The molecule has 1 aromatic rings. The molecule has 84 valence electrons. The Bertz CT molecular complexity index is 452. The summed E-state index contributed by atoms with van der Waals surface area (Å²) in [4.78, 5) is 11.6. The standard InChI is InChI=1S/C13H14O3/c1-2-16-13(15)12-10-6-7-5-8(14)3-4-9(7)11(10)12/h3-5,10-12,14H,2,6H2,1H3. The van der Waals surface area contributed by atoms with Crippen molar-refractivity contribution in [1.82, 2.24) is 0 Å². The first-order valence-electron chi connectivity index (χ1n) is 5.70. The second-order valence-electron chi connectivity index (χ2n) is 4.55. The number of esters is 1. The highest BCUT2D eigenvalue weighted by Crippen LogP contribution is 2.62. The minimum atomic E-state index is -0.0591. The van der Waals surface area contributed by atoms with Crippen LogP contribution >= 0.6 is 0 Å². The monoisotopic (exact) mass is 218 g/mol. The fraction of sp³-hybridized carbons (Fsp3) is 0.462. The zero-order chi connectivity index (χ0) is 11.3. The van der Waals surface area contributed by atoms with Crippen molar-refractivity contribution in [3.8, 4) is 5.75 Å². The summed E-state index contributed by atoms with van der Waals surface area (Å²) < 4.78 is 5.05. The highest BCUT2D eigenvalue weighted by atomic mass is 16.5. The Balaban J connectivity index is 1.82. The van der Waals surface area contributed by atoms with Crippen LogP contribution in [0.1, 0.15) is 24.0 Å². The second kappa shape index (κ2) is 3.24. The van der Waals surface area contributed by atoms with E-state index in [4.69, 9.17) is 4.74 Å². The normalized spacial score (nSPS) is 29.4. The lowest BCUT2D eigenvalue weighted by Gasteiger charge is -2.07. The van der Waals surface area contributed by atoms with Gasteiger partial charge >= 0.3 is 5.97 Å². The van der Waals surface area contributed by atoms with Gasteiger partial charge in [0.2, 0.25) is 0 Å². The van der Waals surface area contributed by atoms with Crippen molar-refractivity contribution in [3.05, 3.63) is 29.3 Å². The van der Waals surface area contributed by atoms with Gasteiger partial charge < -0.3 is 9.84 Å². The third-order valence-corrected chi connectivity index (χ3v) is 3.67. The summed E-state index contributed by atoms with van der Waals surface area (Å²) in [6.07, 6.45) is 0.901. The molecule has 3 heteroatoms. The molecule has 3 nitrogen and oxygen atoms in total. The Labute approximate surface area is 94.0 Å². The number of aromatic hydroxyl groups is 1. The SMILES string of the molecule is CCOC(=O)C1C2Cc3cc(O)ccc3C21. The molecule has 3 rings (SSSR count). The Morgan fingerprint density at radius 2 is 2.38 bits per heavy atom. The van der Waals surface area contributed by atoms with Crippen molar-refractivity contribution in [2.75, 3.05) is 6.61 Å². The fourth-order valence-electron chi connectivity index (χ4n) is 2.96. The molecule has 3 atom stereocenters. The maximum Gasteiger partial charge on any atom is 0.309 e. The molecule has 0 aromatic heterocycles. The number of carbonyl (C=O) groups excluding carboxylic acids is 1. The molecule has 1 N–H and O–H groups in total. The quantitative estimate of drug-likeness (QED) is 0.770. The first-order chi connectivity index (χ1) is 7.72. The molecule has 2 aliphatic rings. The smallest absolute Gasteiger partial charge is 0.309 e. The van der Waals surface area contributed by atoms with Crippen LogP contribution in [-0.2, 0) is 16.0 Å². The van der Waals surface area contributed by atoms with E-state index in [0.717, 1.165) is 6.42 Å². The Kier molecular flexibility index (Phi) is 1.96. The van der Waals surface area contributed by atoms with Gasteiger partial charge in [0.1, 0.15) is 5.75 Å². The Morgan fingerprint density at radius 3 is 3.12 bits per heavy atom. The van der Waals surface area contributed by atoms with E-state index < -0.39 is 0 Å². The van der Waals surface area contributed by atoms with Crippen LogP contribution in [0, 0.1) is 11.8 Å². The van der Waals surface area contributed by atoms with Crippen LogP contribution in [0.4, 0.5) is 0 Å². The van der Waals surface area contributed by atoms with Gasteiger partial charge in [0.25, 0.3) is 0 Å². The van der Waals surface area contributed by atoms with Crippen molar-refractivity contribution >= 4 is 5.97 Å². The van der Waals surface area contributed by atoms with Gasteiger partial charge in [-0.1, -0.05) is 6.07 Å². The lowest BCUT2D eigenvalue weighted by atomic mass is 10.0. The lowest BCUT2D eigenvalue weighted by Crippen LogP contribution is -2.10. The number of rotatable bonds is 2. The third-order valence-electron chi connectivity index (χ3n) is 3.67. The first kappa shape index (κ1) is 9.70. The number of phenolic OH excluding ortho intramolecular Hbond substituents is 1. The molecular formula is C13H14O3. The Hall–Kier alpha value is -1.51. The minimum absolute atomic E-state index is 0.0591. The van der Waals surface area contributed by atoms with Gasteiger partial charge in [-0.3, -0.25) is 4.79 Å². The van der Waals surface area contributed by atoms with Gasteiger partial charge in [-0.2, -0.15) is 0 Å². The maximum atomic E-state index is 11.6. The van der Waals surface area contributed by atoms with E-state index in [0.29, 0.717) is 24.2 Å². The first-order valence-corrected chi connectivity index (χ1v) is 5.70. The predicted octanol–water partition coefficient (Wildman–Crippen LogP) is 1.84. The molecule has 0 amide bonds.